The molecule has 1 rings (SSSR count). The molecule has 10 heteroatoms. The molecule has 96 valence electrons. The third-order valence-corrected chi connectivity index (χ3v) is 2.62. The molecular formula is C7H7ClF3N3O2S. The van der Waals surface area contributed by atoms with Gasteiger partial charge in [0.1, 0.15) is 6.54 Å². The Hall–Kier alpha value is -0.930. The lowest BCUT2D eigenvalue weighted by Gasteiger charge is -2.21. The van der Waals surface area contributed by atoms with Gasteiger partial charge in [0.05, 0.1) is 6.61 Å². The largest absolute Gasteiger partial charge is 0.406 e. The van der Waals surface area contributed by atoms with Crippen LogP contribution in [0.2, 0.25) is 4.47 Å². The smallest absolute Gasteiger partial charge is 0.395 e. The van der Waals surface area contributed by atoms with E-state index in [1.54, 1.807) is 0 Å². The Balaban J connectivity index is 2.80. The first-order valence-corrected chi connectivity index (χ1v) is 5.49. The van der Waals surface area contributed by atoms with E-state index < -0.39 is 31.8 Å². The van der Waals surface area contributed by atoms with Gasteiger partial charge in [-0.1, -0.05) is 11.3 Å². The predicted octanol–water partition coefficient (Wildman–Crippen LogP) is 1.19. The molecule has 0 radical (unpaired) electrons. The monoisotopic (exact) mass is 289 g/mol. The summed E-state index contributed by atoms with van der Waals surface area (Å²) >= 11 is 6.10. The zero-order valence-corrected chi connectivity index (χ0v) is 9.81. The van der Waals surface area contributed by atoms with E-state index in [0.29, 0.717) is 16.2 Å². The highest BCUT2D eigenvalue weighted by Crippen LogP contribution is 2.20. The summed E-state index contributed by atoms with van der Waals surface area (Å²) < 4.78 is 36.5. The van der Waals surface area contributed by atoms with Crippen LogP contribution in [-0.2, 0) is 0 Å². The molecular weight excluding hydrogens is 283 g/mol. The van der Waals surface area contributed by atoms with Crippen LogP contribution in [0.25, 0.3) is 0 Å². The number of alkyl halides is 3. The summed E-state index contributed by atoms with van der Waals surface area (Å²) in [5, 5.41) is 15.0. The Morgan fingerprint density at radius 2 is 2.12 bits per heavy atom. The second-order valence-electron chi connectivity index (χ2n) is 2.93. The molecule has 1 aromatic heterocycles. The Morgan fingerprint density at radius 3 is 2.53 bits per heavy atom. The fourth-order valence-corrected chi connectivity index (χ4v) is 1.81. The summed E-state index contributed by atoms with van der Waals surface area (Å²) in [6.07, 6.45) is -4.54. The van der Waals surface area contributed by atoms with Gasteiger partial charge in [0, 0.05) is 6.54 Å². The molecule has 1 amide bonds. The normalized spacial score (nSPS) is 11.6. The number of carbonyl (C=O) groups excluding carboxylic acids is 1. The molecule has 0 aliphatic carbocycles. The van der Waals surface area contributed by atoms with Crippen molar-refractivity contribution in [2.24, 2.45) is 0 Å². The number of halogens is 4. The second kappa shape index (κ2) is 5.61. The summed E-state index contributed by atoms with van der Waals surface area (Å²) in [7, 11) is 0. The number of hydrogen-bond acceptors (Lipinski definition) is 5. The first-order chi connectivity index (χ1) is 7.83. The molecule has 0 bridgehead atoms. The molecule has 0 saturated carbocycles. The van der Waals surface area contributed by atoms with E-state index in [2.05, 4.69) is 10.2 Å². The van der Waals surface area contributed by atoms with Gasteiger partial charge in [-0.05, 0) is 11.6 Å². The average Bonchev–Trinajstić information content (AvgIpc) is 2.61. The fraction of sp³-hybridized carbons (Fsp3) is 0.571. The molecule has 0 unspecified atom stereocenters. The molecule has 0 fully saturated rings. The molecule has 0 aliphatic rings. The van der Waals surface area contributed by atoms with Crippen molar-refractivity contribution in [3.8, 4) is 0 Å². The number of carbonyl (C=O) groups is 1. The number of hydrogen-bond donors (Lipinski definition) is 1. The van der Waals surface area contributed by atoms with Crippen LogP contribution in [0.3, 0.4) is 0 Å². The van der Waals surface area contributed by atoms with Gasteiger partial charge in [-0.25, -0.2) is 0 Å². The van der Waals surface area contributed by atoms with Crippen molar-refractivity contribution in [2.45, 2.75) is 6.18 Å². The van der Waals surface area contributed by atoms with Gasteiger partial charge in [0.15, 0.2) is 0 Å². The molecule has 0 aliphatic heterocycles. The van der Waals surface area contributed by atoms with Crippen molar-refractivity contribution in [1.82, 2.24) is 15.1 Å². The number of rotatable bonds is 4. The van der Waals surface area contributed by atoms with Crippen LogP contribution in [0.4, 0.5) is 13.2 Å². The Morgan fingerprint density at radius 1 is 1.47 bits per heavy atom. The van der Waals surface area contributed by atoms with E-state index in [4.69, 9.17) is 16.7 Å². The zero-order valence-electron chi connectivity index (χ0n) is 8.24. The van der Waals surface area contributed by atoms with Crippen LogP contribution in [0, 0.1) is 0 Å². The number of nitrogens with zero attached hydrogens (tertiary/aromatic N) is 3. The van der Waals surface area contributed by atoms with Crippen LogP contribution in [0.5, 0.6) is 0 Å². The van der Waals surface area contributed by atoms with E-state index in [9.17, 15) is 18.0 Å². The van der Waals surface area contributed by atoms with Crippen molar-refractivity contribution in [1.29, 1.82) is 0 Å². The van der Waals surface area contributed by atoms with Crippen molar-refractivity contribution < 1.29 is 23.1 Å². The lowest BCUT2D eigenvalue weighted by Crippen LogP contribution is -2.40. The van der Waals surface area contributed by atoms with Crippen molar-refractivity contribution >= 4 is 28.8 Å². The molecule has 17 heavy (non-hydrogen) atoms. The quantitative estimate of drug-likeness (QED) is 0.904. The third-order valence-electron chi connectivity index (χ3n) is 1.61. The zero-order chi connectivity index (χ0) is 13.1. The summed E-state index contributed by atoms with van der Waals surface area (Å²) in [5.41, 5.74) is 0. The molecule has 1 N–H and O–H groups in total. The van der Waals surface area contributed by atoms with E-state index >= 15 is 0 Å². The standard InChI is InChI=1S/C7H7ClF3N3O2S/c8-6-13-12-4(17-6)5(16)14(1-2-15)3-7(9,10)11/h15H,1-3H2. The number of amides is 1. The minimum Gasteiger partial charge on any atom is -0.395 e. The van der Waals surface area contributed by atoms with Crippen LogP contribution in [-0.4, -0.2) is 52.0 Å². The molecule has 0 atom stereocenters. The number of aliphatic hydroxyl groups excluding tert-OH is 1. The maximum atomic E-state index is 12.2. The summed E-state index contributed by atoms with van der Waals surface area (Å²) in [6, 6.07) is 0. The Kier molecular flexibility index (Phi) is 4.66. The number of aliphatic hydroxyl groups is 1. The Bertz CT molecular complexity index is 398. The maximum absolute atomic E-state index is 12.2. The molecule has 0 spiro atoms. The summed E-state index contributed by atoms with van der Waals surface area (Å²) in [4.78, 5) is 12.0. The van der Waals surface area contributed by atoms with Gasteiger partial charge in [-0.15, -0.1) is 10.2 Å². The van der Waals surface area contributed by atoms with Gasteiger partial charge in [-0.3, -0.25) is 4.79 Å². The van der Waals surface area contributed by atoms with Crippen LogP contribution in [0.1, 0.15) is 9.80 Å². The first kappa shape index (κ1) is 14.1. The van der Waals surface area contributed by atoms with Crippen LogP contribution >= 0.6 is 22.9 Å². The number of aromatic nitrogens is 2. The fourth-order valence-electron chi connectivity index (χ4n) is 1.02. The highest BCUT2D eigenvalue weighted by molar-refractivity contribution is 7.17. The van der Waals surface area contributed by atoms with Crippen LogP contribution in [0.15, 0.2) is 0 Å². The van der Waals surface area contributed by atoms with E-state index in [1.807, 2.05) is 0 Å². The van der Waals surface area contributed by atoms with Gasteiger partial charge in [-0.2, -0.15) is 13.2 Å². The van der Waals surface area contributed by atoms with E-state index in [0.717, 1.165) is 0 Å². The van der Waals surface area contributed by atoms with Crippen molar-refractivity contribution in [2.75, 3.05) is 19.7 Å². The SMILES string of the molecule is O=C(c1nnc(Cl)s1)N(CCO)CC(F)(F)F. The van der Waals surface area contributed by atoms with Crippen molar-refractivity contribution in [3.63, 3.8) is 0 Å². The van der Waals surface area contributed by atoms with Crippen molar-refractivity contribution in [3.05, 3.63) is 9.47 Å². The maximum Gasteiger partial charge on any atom is 0.406 e. The molecule has 0 aromatic carbocycles. The molecule has 0 saturated heterocycles. The highest BCUT2D eigenvalue weighted by Gasteiger charge is 2.34. The van der Waals surface area contributed by atoms with E-state index in [1.165, 1.54) is 0 Å². The van der Waals surface area contributed by atoms with Crippen LogP contribution < -0.4 is 0 Å². The first-order valence-electron chi connectivity index (χ1n) is 4.29. The lowest BCUT2D eigenvalue weighted by atomic mass is 10.4. The highest BCUT2D eigenvalue weighted by atomic mass is 35.5. The van der Waals surface area contributed by atoms with E-state index in [-0.39, 0.29) is 9.47 Å². The predicted molar refractivity (Wildman–Crippen MR) is 54.0 cm³/mol. The third kappa shape index (κ3) is 4.44. The summed E-state index contributed by atoms with van der Waals surface area (Å²) in [5.74, 6) is -0.958. The van der Waals surface area contributed by atoms with Gasteiger partial charge in [0.25, 0.3) is 5.91 Å². The van der Waals surface area contributed by atoms with Gasteiger partial charge >= 0.3 is 6.18 Å². The van der Waals surface area contributed by atoms with Gasteiger partial charge < -0.3 is 10.0 Å². The molecule has 1 heterocycles. The summed E-state index contributed by atoms with van der Waals surface area (Å²) in [6.45, 7) is -2.46. The second-order valence-corrected chi connectivity index (χ2v) is 4.49. The van der Waals surface area contributed by atoms with Gasteiger partial charge in [0.2, 0.25) is 9.47 Å². The molecule has 5 nitrogen and oxygen atoms in total. The topological polar surface area (TPSA) is 66.3 Å². The minimum atomic E-state index is -4.54. The Labute approximate surface area is 103 Å². The minimum absolute atomic E-state index is 0.0377. The average molecular weight is 290 g/mol. The lowest BCUT2D eigenvalue weighted by molar-refractivity contribution is -0.141. The molecule has 1 aromatic rings.